The first-order chi connectivity index (χ1) is 5.57. The summed E-state index contributed by atoms with van der Waals surface area (Å²) < 4.78 is 25.0. The van der Waals surface area contributed by atoms with Gasteiger partial charge in [-0.3, -0.25) is 0 Å². The van der Waals surface area contributed by atoms with Crippen LogP contribution in [0.3, 0.4) is 0 Å². The third kappa shape index (κ3) is 1.33. The summed E-state index contributed by atoms with van der Waals surface area (Å²) in [6.07, 6.45) is 0. The van der Waals surface area contributed by atoms with Crippen LogP contribution >= 0.6 is 23.2 Å². The van der Waals surface area contributed by atoms with Gasteiger partial charge in [-0.15, -0.1) is 0 Å². The van der Waals surface area contributed by atoms with E-state index in [0.29, 0.717) is 0 Å². The molecule has 0 aliphatic rings. The Labute approximate surface area is 76.3 Å². The molecule has 12 heavy (non-hydrogen) atoms. The van der Waals surface area contributed by atoms with E-state index in [1.54, 1.807) is 0 Å². The molecule has 62 valence electrons. The number of hydrogen-bond donors (Lipinski definition) is 0. The van der Waals surface area contributed by atoms with Gasteiger partial charge in [0.15, 0.2) is 11.5 Å². The molecule has 0 bridgehead atoms. The molecule has 0 atom stereocenters. The summed E-state index contributed by atoms with van der Waals surface area (Å²) in [7, 11) is 0. The van der Waals surface area contributed by atoms with Crippen molar-refractivity contribution in [1.29, 1.82) is 5.26 Å². The average Bonchev–Trinajstić information content (AvgIpc) is 2.08. The third-order valence-electron chi connectivity index (χ3n) is 1.09. The number of rotatable bonds is 0. The maximum absolute atomic E-state index is 12.5. The number of nitriles is 1. The van der Waals surface area contributed by atoms with E-state index in [0.717, 1.165) is 0 Å². The van der Waals surface area contributed by atoms with Crippen molar-refractivity contribution < 1.29 is 8.78 Å². The molecule has 0 fully saturated rings. The van der Waals surface area contributed by atoms with Gasteiger partial charge >= 0.3 is 0 Å². The Hall–Kier alpha value is -0.920. The number of nitrogens with zero attached hydrogens (tertiary/aromatic N) is 2. The van der Waals surface area contributed by atoms with Crippen molar-refractivity contribution >= 4 is 23.2 Å². The SMILES string of the molecule is N#Cc1nc(F)c(F)c(Cl)c1Cl. The molecule has 0 radical (unpaired) electrons. The van der Waals surface area contributed by atoms with Gasteiger partial charge < -0.3 is 0 Å². The first-order valence-electron chi connectivity index (χ1n) is 2.68. The summed E-state index contributed by atoms with van der Waals surface area (Å²) in [5, 5.41) is 7.31. The second-order valence-electron chi connectivity index (χ2n) is 1.80. The molecule has 0 N–H and O–H groups in total. The molecular formula is C6Cl2F2N2. The van der Waals surface area contributed by atoms with Gasteiger partial charge in [-0.1, -0.05) is 23.2 Å². The fraction of sp³-hybridized carbons (Fsp3) is 0. The minimum absolute atomic E-state index is 0.377. The van der Waals surface area contributed by atoms with Crippen LogP contribution < -0.4 is 0 Å². The standard InChI is InChI=1S/C6Cl2F2N2/c7-3-2(1-11)12-6(10)5(9)4(3)8. The Kier molecular flexibility index (Phi) is 2.46. The number of halogens is 4. The van der Waals surface area contributed by atoms with Crippen molar-refractivity contribution in [2.75, 3.05) is 0 Å². The van der Waals surface area contributed by atoms with Gasteiger partial charge in [0.1, 0.15) is 11.1 Å². The van der Waals surface area contributed by atoms with Gasteiger partial charge in [0.2, 0.25) is 0 Å². The molecule has 0 amide bonds. The second-order valence-corrected chi connectivity index (χ2v) is 2.56. The van der Waals surface area contributed by atoms with Gasteiger partial charge in [-0.05, 0) is 0 Å². The molecule has 0 saturated carbocycles. The summed E-state index contributed by atoms with van der Waals surface area (Å²) in [6, 6.07) is 1.47. The van der Waals surface area contributed by atoms with E-state index in [2.05, 4.69) is 4.98 Å². The molecule has 1 aromatic rings. The molecule has 1 aromatic heterocycles. The molecule has 1 heterocycles. The Morgan fingerprint density at radius 3 is 2.33 bits per heavy atom. The van der Waals surface area contributed by atoms with Crippen LogP contribution in [-0.4, -0.2) is 4.98 Å². The fourth-order valence-electron chi connectivity index (χ4n) is 0.561. The molecule has 1 rings (SSSR count). The minimum atomic E-state index is -1.43. The van der Waals surface area contributed by atoms with Crippen molar-refractivity contribution in [2.45, 2.75) is 0 Å². The van der Waals surface area contributed by atoms with Gasteiger partial charge in [0.05, 0.1) is 5.02 Å². The van der Waals surface area contributed by atoms with E-state index in [1.807, 2.05) is 0 Å². The lowest BCUT2D eigenvalue weighted by Gasteiger charge is -1.98. The molecule has 2 nitrogen and oxygen atoms in total. The van der Waals surface area contributed by atoms with Crippen LogP contribution in [0.25, 0.3) is 0 Å². The number of hydrogen-bond acceptors (Lipinski definition) is 2. The summed E-state index contributed by atoms with van der Waals surface area (Å²) in [5.41, 5.74) is -0.430. The Morgan fingerprint density at radius 1 is 1.25 bits per heavy atom. The molecule has 0 spiro atoms. The van der Waals surface area contributed by atoms with Crippen LogP contribution in [0.4, 0.5) is 8.78 Å². The highest BCUT2D eigenvalue weighted by molar-refractivity contribution is 6.42. The van der Waals surface area contributed by atoms with Crippen LogP contribution in [0.2, 0.25) is 10.0 Å². The molecule has 0 aliphatic heterocycles. The van der Waals surface area contributed by atoms with Gasteiger partial charge in [0.25, 0.3) is 5.95 Å². The number of aromatic nitrogens is 1. The summed E-state index contributed by atoms with van der Waals surface area (Å²) in [6.45, 7) is 0. The minimum Gasteiger partial charge on any atom is -0.205 e. The monoisotopic (exact) mass is 208 g/mol. The number of pyridine rings is 1. The van der Waals surface area contributed by atoms with E-state index in [-0.39, 0.29) is 5.02 Å². The van der Waals surface area contributed by atoms with Gasteiger partial charge in [-0.25, -0.2) is 9.37 Å². The van der Waals surface area contributed by atoms with Crippen molar-refractivity contribution in [1.82, 2.24) is 4.98 Å². The highest BCUT2D eigenvalue weighted by atomic mass is 35.5. The van der Waals surface area contributed by atoms with Crippen molar-refractivity contribution in [3.05, 3.63) is 27.5 Å². The van der Waals surface area contributed by atoms with Crippen molar-refractivity contribution in [3.8, 4) is 6.07 Å². The fourth-order valence-corrected chi connectivity index (χ4v) is 0.896. The predicted molar refractivity (Wildman–Crippen MR) is 38.9 cm³/mol. The maximum atomic E-state index is 12.5. The summed E-state index contributed by atoms with van der Waals surface area (Å²) in [5.74, 6) is -2.78. The van der Waals surface area contributed by atoms with Crippen LogP contribution in [0.15, 0.2) is 0 Å². The van der Waals surface area contributed by atoms with E-state index in [4.69, 9.17) is 28.5 Å². The summed E-state index contributed by atoms with van der Waals surface area (Å²) >= 11 is 10.6. The van der Waals surface area contributed by atoms with E-state index in [1.165, 1.54) is 6.07 Å². The molecule has 6 heteroatoms. The lowest BCUT2D eigenvalue weighted by atomic mass is 10.3. The second kappa shape index (κ2) is 3.21. The highest BCUT2D eigenvalue weighted by Crippen LogP contribution is 2.27. The zero-order chi connectivity index (χ0) is 9.30. The van der Waals surface area contributed by atoms with E-state index in [9.17, 15) is 8.78 Å². The molecule has 0 saturated heterocycles. The predicted octanol–water partition coefficient (Wildman–Crippen LogP) is 2.54. The van der Waals surface area contributed by atoms with Crippen LogP contribution in [0.5, 0.6) is 0 Å². The topological polar surface area (TPSA) is 36.7 Å². The lowest BCUT2D eigenvalue weighted by Crippen LogP contribution is -1.95. The van der Waals surface area contributed by atoms with Crippen LogP contribution in [0, 0.1) is 23.1 Å². The Balaban J connectivity index is 3.52. The third-order valence-corrected chi connectivity index (χ3v) is 1.91. The average molecular weight is 209 g/mol. The first-order valence-corrected chi connectivity index (χ1v) is 3.43. The van der Waals surface area contributed by atoms with Crippen molar-refractivity contribution in [2.24, 2.45) is 0 Å². The van der Waals surface area contributed by atoms with E-state index < -0.39 is 22.5 Å². The van der Waals surface area contributed by atoms with Crippen LogP contribution in [0.1, 0.15) is 5.69 Å². The Morgan fingerprint density at radius 2 is 1.83 bits per heavy atom. The molecule has 0 unspecified atom stereocenters. The zero-order valence-electron chi connectivity index (χ0n) is 5.41. The highest BCUT2D eigenvalue weighted by Gasteiger charge is 2.16. The maximum Gasteiger partial charge on any atom is 0.251 e. The largest absolute Gasteiger partial charge is 0.251 e. The summed E-state index contributed by atoms with van der Waals surface area (Å²) in [4.78, 5) is 2.93. The Bertz CT molecular complexity index is 373. The lowest BCUT2D eigenvalue weighted by molar-refractivity contribution is 0.479. The van der Waals surface area contributed by atoms with Gasteiger partial charge in [-0.2, -0.15) is 9.65 Å². The normalized spacial score (nSPS) is 9.58. The van der Waals surface area contributed by atoms with Crippen molar-refractivity contribution in [3.63, 3.8) is 0 Å². The smallest absolute Gasteiger partial charge is 0.205 e. The van der Waals surface area contributed by atoms with E-state index >= 15 is 0 Å². The molecule has 0 aromatic carbocycles. The van der Waals surface area contributed by atoms with Gasteiger partial charge in [0, 0.05) is 0 Å². The quantitative estimate of drug-likeness (QED) is 0.615. The molecular weight excluding hydrogens is 209 g/mol. The molecule has 0 aliphatic carbocycles. The first kappa shape index (κ1) is 9.17. The van der Waals surface area contributed by atoms with Crippen LogP contribution in [-0.2, 0) is 0 Å². The zero-order valence-corrected chi connectivity index (χ0v) is 6.92.